The molecule has 0 saturated heterocycles. The second kappa shape index (κ2) is 7.84. The third-order valence-corrected chi connectivity index (χ3v) is 5.77. The molecule has 0 N–H and O–H groups in total. The summed E-state index contributed by atoms with van der Waals surface area (Å²) in [6.07, 6.45) is 0.678. The number of halogens is 1. The van der Waals surface area contributed by atoms with E-state index >= 15 is 0 Å². The first-order chi connectivity index (χ1) is 15.1. The number of aromatic nitrogens is 1. The molecular weight excluding hydrogens is 391 g/mol. The number of hydrogen-bond donors (Lipinski definition) is 0. The van der Waals surface area contributed by atoms with Crippen molar-refractivity contribution in [3.05, 3.63) is 95.4 Å². The maximum absolute atomic E-state index is 14.3. The van der Waals surface area contributed by atoms with Crippen molar-refractivity contribution >= 4 is 16.8 Å². The van der Waals surface area contributed by atoms with Crippen LogP contribution in [0, 0.1) is 5.82 Å². The number of benzene rings is 3. The van der Waals surface area contributed by atoms with Crippen LogP contribution in [0.4, 0.5) is 4.39 Å². The van der Waals surface area contributed by atoms with Gasteiger partial charge in [-0.2, -0.15) is 0 Å². The Morgan fingerprint density at radius 2 is 1.90 bits per heavy atom. The monoisotopic (exact) mass is 412 g/mol. The summed E-state index contributed by atoms with van der Waals surface area (Å²) < 4.78 is 19.3. The van der Waals surface area contributed by atoms with Crippen LogP contribution in [0.25, 0.3) is 22.0 Å². The van der Waals surface area contributed by atoms with Gasteiger partial charge >= 0.3 is 0 Å². The molecule has 0 aliphatic carbocycles. The number of pyridine rings is 1. The third-order valence-electron chi connectivity index (χ3n) is 5.77. The summed E-state index contributed by atoms with van der Waals surface area (Å²) in [4.78, 5) is 19.8. The van der Waals surface area contributed by atoms with Crippen molar-refractivity contribution in [1.29, 1.82) is 0 Å². The summed E-state index contributed by atoms with van der Waals surface area (Å²) >= 11 is 0. The van der Waals surface area contributed by atoms with Crippen molar-refractivity contribution in [3.63, 3.8) is 0 Å². The van der Waals surface area contributed by atoms with E-state index in [1.807, 2.05) is 53.4 Å². The fraction of sp³-hybridized carbons (Fsp3) is 0.154. The van der Waals surface area contributed by atoms with Crippen LogP contribution in [0.1, 0.15) is 21.6 Å². The van der Waals surface area contributed by atoms with Gasteiger partial charge in [0.15, 0.2) is 11.6 Å². The van der Waals surface area contributed by atoms with Gasteiger partial charge in [-0.05, 0) is 41.0 Å². The minimum atomic E-state index is -0.442. The van der Waals surface area contributed by atoms with Gasteiger partial charge in [-0.25, -0.2) is 4.39 Å². The van der Waals surface area contributed by atoms with Gasteiger partial charge in [-0.1, -0.05) is 48.5 Å². The number of methoxy groups -OCH3 is 1. The zero-order valence-corrected chi connectivity index (χ0v) is 17.1. The smallest absolute Gasteiger partial charge is 0.255 e. The molecule has 0 unspecified atom stereocenters. The molecule has 1 aliphatic heterocycles. The predicted octanol–water partition coefficient (Wildman–Crippen LogP) is 5.25. The Kier molecular flexibility index (Phi) is 4.86. The van der Waals surface area contributed by atoms with Crippen molar-refractivity contribution in [2.24, 2.45) is 0 Å². The molecule has 1 aliphatic rings. The van der Waals surface area contributed by atoms with Crippen molar-refractivity contribution < 1.29 is 13.9 Å². The lowest BCUT2D eigenvalue weighted by atomic mass is 9.96. The van der Waals surface area contributed by atoms with Crippen molar-refractivity contribution in [1.82, 2.24) is 9.88 Å². The number of hydrogen-bond acceptors (Lipinski definition) is 3. The van der Waals surface area contributed by atoms with Crippen LogP contribution in [0.5, 0.6) is 5.75 Å². The fourth-order valence-corrected chi connectivity index (χ4v) is 4.17. The van der Waals surface area contributed by atoms with Crippen LogP contribution in [0.15, 0.2) is 72.8 Å². The molecule has 4 aromatic rings. The lowest BCUT2D eigenvalue weighted by Crippen LogP contribution is -2.26. The minimum absolute atomic E-state index is 0.0254. The Hall–Kier alpha value is -3.73. The van der Waals surface area contributed by atoms with E-state index in [2.05, 4.69) is 6.07 Å². The van der Waals surface area contributed by atoms with Gasteiger partial charge in [0.25, 0.3) is 5.91 Å². The highest BCUT2D eigenvalue weighted by Gasteiger charge is 2.30. The number of fused-ring (bicyclic) bond motifs is 2. The molecule has 2 heterocycles. The van der Waals surface area contributed by atoms with E-state index in [9.17, 15) is 9.18 Å². The van der Waals surface area contributed by atoms with E-state index in [4.69, 9.17) is 9.72 Å². The second-order valence-electron chi connectivity index (χ2n) is 7.66. The molecule has 4 nitrogen and oxygen atoms in total. The standard InChI is InChI=1S/C26H21FN2O2/c1-31-24-12-10-18(15-22(24)27)21-7-4-6-19-16-29(26(30)25(19)21)14-13-20-11-9-17-5-2-3-8-23(17)28-20/h2-12,15H,13-14,16H2,1H3. The largest absolute Gasteiger partial charge is 0.494 e. The molecule has 31 heavy (non-hydrogen) atoms. The summed E-state index contributed by atoms with van der Waals surface area (Å²) in [7, 11) is 1.43. The quantitative estimate of drug-likeness (QED) is 0.450. The van der Waals surface area contributed by atoms with Gasteiger partial charge in [-0.3, -0.25) is 9.78 Å². The lowest BCUT2D eigenvalue weighted by Gasteiger charge is -2.15. The summed E-state index contributed by atoms with van der Waals surface area (Å²) in [6, 6.07) is 22.6. The van der Waals surface area contributed by atoms with E-state index in [1.165, 1.54) is 13.2 Å². The third kappa shape index (κ3) is 3.52. The van der Waals surface area contributed by atoms with Crippen molar-refractivity contribution in [2.75, 3.05) is 13.7 Å². The highest BCUT2D eigenvalue weighted by molar-refractivity contribution is 6.04. The Balaban J connectivity index is 1.38. The minimum Gasteiger partial charge on any atom is -0.494 e. The van der Waals surface area contributed by atoms with Crippen LogP contribution in [0.3, 0.4) is 0 Å². The first-order valence-electron chi connectivity index (χ1n) is 10.2. The molecule has 0 bridgehead atoms. The summed E-state index contributed by atoms with van der Waals surface area (Å²) in [5, 5.41) is 1.10. The number of carbonyl (C=O) groups excluding carboxylic acids is 1. The van der Waals surface area contributed by atoms with Crippen LogP contribution >= 0.6 is 0 Å². The van der Waals surface area contributed by atoms with E-state index in [0.29, 0.717) is 30.6 Å². The first-order valence-corrected chi connectivity index (χ1v) is 10.2. The highest BCUT2D eigenvalue weighted by Crippen LogP contribution is 2.34. The Morgan fingerprint density at radius 1 is 1.03 bits per heavy atom. The van der Waals surface area contributed by atoms with E-state index < -0.39 is 5.82 Å². The van der Waals surface area contributed by atoms with E-state index in [-0.39, 0.29) is 11.7 Å². The average Bonchev–Trinajstić information content (AvgIpc) is 3.13. The molecule has 0 atom stereocenters. The normalized spacial score (nSPS) is 13.0. The average molecular weight is 412 g/mol. The van der Waals surface area contributed by atoms with Crippen LogP contribution in [-0.4, -0.2) is 29.4 Å². The fourth-order valence-electron chi connectivity index (χ4n) is 4.17. The Morgan fingerprint density at radius 3 is 2.74 bits per heavy atom. The number of ether oxygens (including phenoxy) is 1. The lowest BCUT2D eigenvalue weighted by molar-refractivity contribution is 0.0780. The number of nitrogens with zero attached hydrogens (tertiary/aromatic N) is 2. The highest BCUT2D eigenvalue weighted by atomic mass is 19.1. The van der Waals surface area contributed by atoms with Gasteiger partial charge in [0.2, 0.25) is 0 Å². The summed E-state index contributed by atoms with van der Waals surface area (Å²) in [5.41, 5.74) is 4.94. The number of para-hydroxylation sites is 1. The van der Waals surface area contributed by atoms with Crippen molar-refractivity contribution in [3.8, 4) is 16.9 Å². The first kappa shape index (κ1) is 19.2. The maximum atomic E-state index is 14.3. The van der Waals surface area contributed by atoms with Gasteiger partial charge in [0.05, 0.1) is 18.2 Å². The molecular formula is C26H21FN2O2. The zero-order valence-electron chi connectivity index (χ0n) is 17.1. The molecule has 1 aromatic heterocycles. The molecule has 5 rings (SSSR count). The Bertz CT molecular complexity index is 1300. The zero-order chi connectivity index (χ0) is 21.4. The van der Waals surface area contributed by atoms with Crippen LogP contribution in [-0.2, 0) is 13.0 Å². The number of amides is 1. The number of rotatable bonds is 5. The second-order valence-corrected chi connectivity index (χ2v) is 7.66. The van der Waals surface area contributed by atoms with E-state index in [0.717, 1.165) is 27.7 Å². The molecule has 0 spiro atoms. The van der Waals surface area contributed by atoms with Gasteiger partial charge < -0.3 is 9.64 Å². The molecule has 3 aromatic carbocycles. The van der Waals surface area contributed by atoms with Gasteiger partial charge in [0, 0.05) is 30.6 Å². The molecule has 0 radical (unpaired) electrons. The van der Waals surface area contributed by atoms with Crippen molar-refractivity contribution in [2.45, 2.75) is 13.0 Å². The summed E-state index contributed by atoms with van der Waals surface area (Å²) in [6.45, 7) is 1.13. The SMILES string of the molecule is COc1ccc(-c2cccc3c2C(=O)N(CCc2ccc4ccccc4n2)C3)cc1F. The van der Waals surface area contributed by atoms with E-state index in [1.54, 1.807) is 12.1 Å². The Labute approximate surface area is 179 Å². The summed E-state index contributed by atoms with van der Waals surface area (Å²) in [5.74, 6) is -0.280. The molecule has 154 valence electrons. The molecule has 5 heteroatoms. The van der Waals surface area contributed by atoms with Crippen LogP contribution in [0.2, 0.25) is 0 Å². The van der Waals surface area contributed by atoms with Crippen LogP contribution < -0.4 is 4.74 Å². The molecule has 0 saturated carbocycles. The van der Waals surface area contributed by atoms with Gasteiger partial charge in [0.1, 0.15) is 0 Å². The molecule has 0 fully saturated rings. The number of carbonyl (C=O) groups is 1. The molecule has 1 amide bonds. The maximum Gasteiger partial charge on any atom is 0.255 e. The predicted molar refractivity (Wildman–Crippen MR) is 119 cm³/mol. The van der Waals surface area contributed by atoms with Gasteiger partial charge in [-0.15, -0.1) is 0 Å². The topological polar surface area (TPSA) is 42.4 Å².